The number of nitrogens with two attached hydrogens (primary N) is 1. The second-order valence-corrected chi connectivity index (χ2v) is 6.06. The molecule has 0 unspecified atom stereocenters. The van der Waals surface area contributed by atoms with Crippen molar-refractivity contribution >= 4 is 46.7 Å². The Labute approximate surface area is 160 Å². The van der Waals surface area contributed by atoms with E-state index in [9.17, 15) is 0 Å². The number of pyridine rings is 1. The van der Waals surface area contributed by atoms with Gasteiger partial charge in [0.1, 0.15) is 5.82 Å². The van der Waals surface area contributed by atoms with Crippen LogP contribution >= 0.6 is 24.0 Å². The number of nitrogens with one attached hydrogen (secondary N) is 2. The topological polar surface area (TPSA) is 75.3 Å². The van der Waals surface area contributed by atoms with Gasteiger partial charge in [-0.2, -0.15) is 0 Å². The molecule has 1 saturated carbocycles. The molecule has 0 spiro atoms. The van der Waals surface area contributed by atoms with Crippen LogP contribution in [0.15, 0.2) is 41.4 Å². The zero-order valence-corrected chi connectivity index (χ0v) is 16.2. The maximum absolute atomic E-state index is 5.95. The number of halogens is 1. The molecule has 6 heteroatoms. The zero-order chi connectivity index (χ0) is 15.9. The number of para-hydroxylation sites is 1. The van der Waals surface area contributed by atoms with E-state index in [2.05, 4.69) is 32.7 Å². The van der Waals surface area contributed by atoms with Crippen LogP contribution in [0.3, 0.4) is 0 Å². The summed E-state index contributed by atoms with van der Waals surface area (Å²) in [6.07, 6.45) is 6.34. The van der Waals surface area contributed by atoms with Crippen LogP contribution in [-0.4, -0.2) is 30.1 Å². The molecule has 1 aliphatic carbocycles. The molecule has 0 atom stereocenters. The first-order valence-electron chi connectivity index (χ1n) is 8.47. The molecule has 1 fully saturated rings. The summed E-state index contributed by atoms with van der Waals surface area (Å²) in [5.41, 5.74) is 6.95. The summed E-state index contributed by atoms with van der Waals surface area (Å²) in [4.78, 5) is 8.97. The third-order valence-corrected chi connectivity index (χ3v) is 4.26. The summed E-state index contributed by atoms with van der Waals surface area (Å²) in [6, 6.07) is 12.7. The average molecular weight is 439 g/mol. The van der Waals surface area contributed by atoms with Crippen molar-refractivity contribution < 1.29 is 0 Å². The van der Waals surface area contributed by atoms with Crippen LogP contribution < -0.4 is 16.4 Å². The number of aromatic nitrogens is 1. The van der Waals surface area contributed by atoms with Gasteiger partial charge in [-0.3, -0.25) is 4.99 Å². The van der Waals surface area contributed by atoms with Crippen molar-refractivity contribution in [3.63, 3.8) is 0 Å². The van der Waals surface area contributed by atoms with Gasteiger partial charge >= 0.3 is 0 Å². The molecule has 1 aromatic heterocycles. The van der Waals surface area contributed by atoms with Crippen molar-refractivity contribution in [2.75, 3.05) is 18.4 Å². The Morgan fingerprint density at radius 3 is 2.75 bits per heavy atom. The first-order valence-corrected chi connectivity index (χ1v) is 8.47. The first-order chi connectivity index (χ1) is 11.3. The van der Waals surface area contributed by atoms with Crippen molar-refractivity contribution in [2.45, 2.75) is 38.1 Å². The monoisotopic (exact) mass is 439 g/mol. The molecule has 4 N–H and O–H groups in total. The highest BCUT2D eigenvalue weighted by Gasteiger charge is 2.12. The molecule has 1 heterocycles. The molecule has 0 saturated heterocycles. The van der Waals surface area contributed by atoms with Gasteiger partial charge in [0.05, 0.1) is 12.1 Å². The van der Waals surface area contributed by atoms with Gasteiger partial charge in [0.25, 0.3) is 0 Å². The molecule has 1 aromatic carbocycles. The highest BCUT2D eigenvalue weighted by molar-refractivity contribution is 14.0. The molecule has 0 radical (unpaired) electrons. The van der Waals surface area contributed by atoms with Gasteiger partial charge in [0, 0.05) is 18.0 Å². The van der Waals surface area contributed by atoms with Gasteiger partial charge in [0.15, 0.2) is 5.96 Å². The van der Waals surface area contributed by atoms with E-state index in [1.807, 2.05) is 24.3 Å². The minimum atomic E-state index is 0. The van der Waals surface area contributed by atoms with Crippen LogP contribution in [0, 0.1) is 0 Å². The Balaban J connectivity index is 0.00000208. The van der Waals surface area contributed by atoms with E-state index in [0.717, 1.165) is 23.3 Å². The van der Waals surface area contributed by atoms with E-state index < -0.39 is 0 Å². The lowest BCUT2D eigenvalue weighted by Crippen LogP contribution is -2.41. The second-order valence-electron chi connectivity index (χ2n) is 6.06. The summed E-state index contributed by atoms with van der Waals surface area (Å²) in [5, 5.41) is 7.77. The van der Waals surface area contributed by atoms with Gasteiger partial charge in [-0.25, -0.2) is 4.98 Å². The number of guanidine groups is 1. The van der Waals surface area contributed by atoms with Crippen LogP contribution in [0.25, 0.3) is 10.9 Å². The SMILES string of the molecule is I.NC(=NCCNc1ccc2ccccc2n1)NC1CCCCC1. The molecular weight excluding hydrogens is 413 g/mol. The number of hydrogen-bond donors (Lipinski definition) is 3. The Morgan fingerprint density at radius 2 is 1.92 bits per heavy atom. The van der Waals surface area contributed by atoms with Crippen LogP contribution in [0.2, 0.25) is 0 Å². The fraction of sp³-hybridized carbons (Fsp3) is 0.444. The van der Waals surface area contributed by atoms with E-state index in [4.69, 9.17) is 5.73 Å². The van der Waals surface area contributed by atoms with Crippen molar-refractivity contribution in [1.29, 1.82) is 0 Å². The van der Waals surface area contributed by atoms with E-state index in [1.165, 1.54) is 32.1 Å². The number of nitrogens with zero attached hydrogens (tertiary/aromatic N) is 2. The maximum atomic E-state index is 5.95. The minimum absolute atomic E-state index is 0. The molecule has 1 aliphatic rings. The number of rotatable bonds is 5. The normalized spacial score (nSPS) is 15.8. The summed E-state index contributed by atoms with van der Waals surface area (Å²) in [7, 11) is 0. The summed E-state index contributed by atoms with van der Waals surface area (Å²) >= 11 is 0. The Hall–Kier alpha value is -1.57. The van der Waals surface area contributed by atoms with Gasteiger partial charge in [-0.1, -0.05) is 37.5 Å². The molecule has 2 aromatic rings. The maximum Gasteiger partial charge on any atom is 0.188 e. The Morgan fingerprint density at radius 1 is 1.12 bits per heavy atom. The summed E-state index contributed by atoms with van der Waals surface area (Å²) in [6.45, 7) is 1.36. The van der Waals surface area contributed by atoms with Crippen molar-refractivity contribution in [2.24, 2.45) is 10.7 Å². The number of benzene rings is 1. The lowest BCUT2D eigenvalue weighted by molar-refractivity contribution is 0.412. The predicted molar refractivity (Wildman–Crippen MR) is 112 cm³/mol. The number of anilines is 1. The zero-order valence-electron chi connectivity index (χ0n) is 13.9. The highest BCUT2D eigenvalue weighted by atomic mass is 127. The average Bonchev–Trinajstić information content (AvgIpc) is 2.59. The molecule has 5 nitrogen and oxygen atoms in total. The van der Waals surface area contributed by atoms with Crippen LogP contribution in [0.5, 0.6) is 0 Å². The third kappa shape index (κ3) is 5.51. The molecule has 24 heavy (non-hydrogen) atoms. The number of fused-ring (bicyclic) bond motifs is 1. The quantitative estimate of drug-likeness (QED) is 0.289. The van der Waals surface area contributed by atoms with E-state index in [-0.39, 0.29) is 24.0 Å². The smallest absolute Gasteiger partial charge is 0.188 e. The van der Waals surface area contributed by atoms with E-state index >= 15 is 0 Å². The Bertz CT molecular complexity index is 667. The minimum Gasteiger partial charge on any atom is -0.370 e. The lowest BCUT2D eigenvalue weighted by atomic mass is 9.96. The fourth-order valence-electron chi connectivity index (χ4n) is 3.03. The van der Waals surface area contributed by atoms with Crippen molar-refractivity contribution in [3.05, 3.63) is 36.4 Å². The Kier molecular flexibility index (Phi) is 7.55. The number of aliphatic imine (C=N–C) groups is 1. The molecule has 3 rings (SSSR count). The summed E-state index contributed by atoms with van der Waals surface area (Å²) < 4.78 is 0. The van der Waals surface area contributed by atoms with Gasteiger partial charge in [0.2, 0.25) is 0 Å². The second kappa shape index (κ2) is 9.66. The molecular formula is C18H26IN5. The van der Waals surface area contributed by atoms with Crippen molar-refractivity contribution in [3.8, 4) is 0 Å². The fourth-order valence-corrected chi connectivity index (χ4v) is 3.03. The summed E-state index contributed by atoms with van der Waals surface area (Å²) in [5.74, 6) is 1.43. The van der Waals surface area contributed by atoms with Gasteiger partial charge < -0.3 is 16.4 Å². The van der Waals surface area contributed by atoms with E-state index in [0.29, 0.717) is 18.5 Å². The van der Waals surface area contributed by atoms with Crippen LogP contribution in [-0.2, 0) is 0 Å². The largest absolute Gasteiger partial charge is 0.370 e. The molecule has 0 amide bonds. The van der Waals surface area contributed by atoms with Crippen LogP contribution in [0.1, 0.15) is 32.1 Å². The van der Waals surface area contributed by atoms with Gasteiger partial charge in [-0.15, -0.1) is 24.0 Å². The first kappa shape index (κ1) is 18.8. The molecule has 0 bridgehead atoms. The third-order valence-electron chi connectivity index (χ3n) is 4.26. The lowest BCUT2D eigenvalue weighted by Gasteiger charge is -2.23. The number of hydrogen-bond acceptors (Lipinski definition) is 3. The van der Waals surface area contributed by atoms with Crippen molar-refractivity contribution in [1.82, 2.24) is 10.3 Å². The highest BCUT2D eigenvalue weighted by Crippen LogP contribution is 2.17. The van der Waals surface area contributed by atoms with Crippen LogP contribution in [0.4, 0.5) is 5.82 Å². The molecule has 0 aliphatic heterocycles. The van der Waals surface area contributed by atoms with E-state index in [1.54, 1.807) is 0 Å². The predicted octanol–water partition coefficient (Wildman–Crippen LogP) is 3.50. The molecule has 130 valence electrons. The van der Waals surface area contributed by atoms with Gasteiger partial charge in [-0.05, 0) is 31.0 Å². The standard InChI is InChI=1S/C18H25N5.HI/c19-18(22-15-7-2-1-3-8-15)21-13-12-20-17-11-10-14-6-4-5-9-16(14)23-17;/h4-6,9-11,15H,1-3,7-8,12-13H2,(H,20,23)(H3,19,21,22);1H.